The monoisotopic (exact) mass is 863 g/mol. The molecule has 1 heterocycles. The Morgan fingerprint density at radius 1 is 0.525 bits per heavy atom. The lowest BCUT2D eigenvalue weighted by Gasteiger charge is -2.38. The number of aliphatic hydroxyl groups excluding tert-OH is 3. The van der Waals surface area contributed by atoms with E-state index in [0.717, 1.165) is 44.9 Å². The number of carbonyl (C=O) groups excluding carboxylic acids is 2. The molecule has 0 aromatic rings. The molecule has 0 amide bonds. The lowest BCUT2D eigenvalue weighted by Crippen LogP contribution is -2.60. The van der Waals surface area contributed by atoms with Gasteiger partial charge in [0.25, 0.3) is 0 Å². The number of carboxylic acids is 1. The minimum Gasteiger partial charge on any atom is -0.479 e. The van der Waals surface area contributed by atoms with Crippen LogP contribution in [0.25, 0.3) is 0 Å². The molecule has 0 radical (unpaired) electrons. The molecule has 0 aromatic carbocycles. The summed E-state index contributed by atoms with van der Waals surface area (Å²) in [6.07, 6.45) is 39.1. The van der Waals surface area contributed by atoms with E-state index in [9.17, 15) is 34.8 Å². The molecule has 1 aliphatic rings. The molecule has 352 valence electrons. The number of aliphatic carboxylic acids is 1. The van der Waals surface area contributed by atoms with Crippen LogP contribution in [0.3, 0.4) is 0 Å². The van der Waals surface area contributed by atoms with Crippen molar-refractivity contribution in [1.82, 2.24) is 0 Å². The average Bonchev–Trinajstić information content (AvgIpc) is 3.24. The molecule has 1 fully saturated rings. The number of carboxylic acid groups (broad SMARTS) is 1. The third-order valence-corrected chi connectivity index (χ3v) is 11.0. The minimum absolute atomic E-state index is 0.115. The first-order valence-electron chi connectivity index (χ1n) is 24.2. The fraction of sp³-hybridized carbons (Fsp3) is 0.780. The van der Waals surface area contributed by atoms with Gasteiger partial charge >= 0.3 is 17.9 Å². The molecular formula is C50H86O11. The number of hydrogen-bond acceptors (Lipinski definition) is 10. The highest BCUT2D eigenvalue weighted by Crippen LogP contribution is 2.23. The van der Waals surface area contributed by atoms with Crippen molar-refractivity contribution in [3.05, 3.63) is 48.6 Å². The van der Waals surface area contributed by atoms with Crippen molar-refractivity contribution in [1.29, 1.82) is 0 Å². The first-order chi connectivity index (χ1) is 29.7. The zero-order valence-electron chi connectivity index (χ0n) is 38.1. The van der Waals surface area contributed by atoms with Crippen LogP contribution in [0.5, 0.6) is 0 Å². The normalized spacial score (nSPS) is 20.0. The summed E-state index contributed by atoms with van der Waals surface area (Å²) in [5, 5.41) is 39.8. The predicted octanol–water partition coefficient (Wildman–Crippen LogP) is 10.9. The highest BCUT2D eigenvalue weighted by molar-refractivity contribution is 5.73. The molecule has 6 unspecified atom stereocenters. The van der Waals surface area contributed by atoms with E-state index in [1.807, 2.05) is 12.2 Å². The maximum Gasteiger partial charge on any atom is 0.335 e. The quantitative estimate of drug-likeness (QED) is 0.0263. The van der Waals surface area contributed by atoms with E-state index in [-0.39, 0.29) is 19.4 Å². The van der Waals surface area contributed by atoms with Crippen molar-refractivity contribution < 1.29 is 53.8 Å². The van der Waals surface area contributed by atoms with Gasteiger partial charge in [0.2, 0.25) is 0 Å². The summed E-state index contributed by atoms with van der Waals surface area (Å²) in [5.41, 5.74) is 0. The number of aliphatic hydroxyl groups is 3. The zero-order valence-corrected chi connectivity index (χ0v) is 38.1. The van der Waals surface area contributed by atoms with Crippen molar-refractivity contribution in [3.63, 3.8) is 0 Å². The minimum atomic E-state index is -1.87. The van der Waals surface area contributed by atoms with E-state index in [0.29, 0.717) is 12.8 Å². The molecule has 11 nitrogen and oxygen atoms in total. The van der Waals surface area contributed by atoms with Crippen molar-refractivity contribution in [2.24, 2.45) is 0 Å². The molecule has 61 heavy (non-hydrogen) atoms. The molecule has 1 aliphatic heterocycles. The van der Waals surface area contributed by atoms with E-state index in [1.165, 1.54) is 116 Å². The average molecular weight is 863 g/mol. The summed E-state index contributed by atoms with van der Waals surface area (Å²) < 4.78 is 21.7. The zero-order chi connectivity index (χ0) is 44.6. The smallest absolute Gasteiger partial charge is 0.335 e. The molecule has 1 rings (SSSR count). The van der Waals surface area contributed by atoms with Gasteiger partial charge in [0, 0.05) is 12.8 Å². The summed E-state index contributed by atoms with van der Waals surface area (Å²) in [6, 6.07) is 0. The number of carbonyl (C=O) groups is 3. The predicted molar refractivity (Wildman–Crippen MR) is 243 cm³/mol. The van der Waals surface area contributed by atoms with Gasteiger partial charge in [0.15, 0.2) is 18.5 Å². The lowest BCUT2D eigenvalue weighted by atomic mass is 9.99. The van der Waals surface area contributed by atoms with Crippen LogP contribution in [0.1, 0.15) is 200 Å². The van der Waals surface area contributed by atoms with Crippen LogP contribution in [0, 0.1) is 0 Å². The SMILES string of the molecule is CC/C=C\C/C=C\C/C=C\C/C=C\CCC(=O)OCC(COC1OC(C(=O)O)C(O)C(O)C1O)OC(=O)CCCCCCCCCCCCCCCCCCCCCCCC. The highest BCUT2D eigenvalue weighted by Gasteiger charge is 2.47. The fourth-order valence-electron chi connectivity index (χ4n) is 7.19. The number of unbranched alkanes of at least 4 members (excludes halogenated alkanes) is 21. The van der Waals surface area contributed by atoms with Crippen molar-refractivity contribution in [2.75, 3.05) is 13.2 Å². The molecule has 0 bridgehead atoms. The summed E-state index contributed by atoms with van der Waals surface area (Å²) in [4.78, 5) is 36.8. The van der Waals surface area contributed by atoms with Crippen LogP contribution >= 0.6 is 0 Å². The Balaban J connectivity index is 2.32. The standard InChI is InChI=1S/C50H86O11/c1-3-5-7-9-11-13-15-17-18-19-20-21-22-23-24-25-27-29-31-33-35-37-39-44(52)60-42(41-59-50-47(55)45(53)46(54)48(61-50)49(56)57)40-58-43(51)38-36-34-32-30-28-26-16-14-12-10-8-6-4-2/h6,8,12,14,26,28,32,34,42,45-48,50,53-55H,3-5,7,9-11,13,15-25,27,29-31,33,35-41H2,1-2H3,(H,56,57)/b8-6-,14-12-,28-26-,34-32-. The largest absolute Gasteiger partial charge is 0.479 e. The summed E-state index contributed by atoms with van der Waals surface area (Å²) in [6.45, 7) is 3.65. The topological polar surface area (TPSA) is 169 Å². The Morgan fingerprint density at radius 3 is 1.43 bits per heavy atom. The second-order valence-corrected chi connectivity index (χ2v) is 16.6. The molecule has 4 N–H and O–H groups in total. The Labute approximate surface area is 369 Å². The summed E-state index contributed by atoms with van der Waals surface area (Å²) in [5.74, 6) is -2.54. The third kappa shape index (κ3) is 31.6. The van der Waals surface area contributed by atoms with Gasteiger partial charge in [-0.2, -0.15) is 0 Å². The number of esters is 2. The molecule has 0 aromatic heterocycles. The second kappa shape index (κ2) is 40.0. The van der Waals surface area contributed by atoms with Gasteiger partial charge in [-0.25, -0.2) is 4.79 Å². The first-order valence-corrected chi connectivity index (χ1v) is 24.2. The molecule has 0 spiro atoms. The van der Waals surface area contributed by atoms with Gasteiger partial charge in [-0.05, 0) is 38.5 Å². The Kier molecular flexibility index (Phi) is 36.8. The highest BCUT2D eigenvalue weighted by atomic mass is 16.7. The molecular weight excluding hydrogens is 777 g/mol. The van der Waals surface area contributed by atoms with Gasteiger partial charge in [-0.3, -0.25) is 9.59 Å². The summed E-state index contributed by atoms with van der Waals surface area (Å²) in [7, 11) is 0. The van der Waals surface area contributed by atoms with Crippen LogP contribution in [0.15, 0.2) is 48.6 Å². The number of hydrogen-bond donors (Lipinski definition) is 4. The van der Waals surface area contributed by atoms with Gasteiger partial charge in [-0.15, -0.1) is 0 Å². The number of ether oxygens (including phenoxy) is 4. The van der Waals surface area contributed by atoms with E-state index in [2.05, 4.69) is 50.3 Å². The van der Waals surface area contributed by atoms with Crippen LogP contribution in [-0.2, 0) is 33.3 Å². The van der Waals surface area contributed by atoms with Crippen molar-refractivity contribution >= 4 is 17.9 Å². The van der Waals surface area contributed by atoms with Gasteiger partial charge < -0.3 is 39.4 Å². The lowest BCUT2D eigenvalue weighted by molar-refractivity contribution is -0.298. The molecule has 1 saturated heterocycles. The van der Waals surface area contributed by atoms with Crippen molar-refractivity contribution in [2.45, 2.75) is 237 Å². The Hall–Kier alpha value is -2.83. The van der Waals surface area contributed by atoms with E-state index in [1.54, 1.807) is 0 Å². The van der Waals surface area contributed by atoms with Gasteiger partial charge in [0.05, 0.1) is 6.61 Å². The Bertz CT molecular complexity index is 1200. The van der Waals surface area contributed by atoms with E-state index < -0.39 is 61.3 Å². The van der Waals surface area contributed by atoms with Gasteiger partial charge in [0.1, 0.15) is 24.9 Å². The van der Waals surface area contributed by atoms with Crippen LogP contribution < -0.4 is 0 Å². The maximum absolute atomic E-state index is 12.8. The second-order valence-electron chi connectivity index (χ2n) is 16.6. The van der Waals surface area contributed by atoms with Crippen molar-refractivity contribution in [3.8, 4) is 0 Å². The molecule has 6 atom stereocenters. The Morgan fingerprint density at radius 2 is 0.967 bits per heavy atom. The van der Waals surface area contributed by atoms with E-state index >= 15 is 0 Å². The molecule has 0 saturated carbocycles. The van der Waals surface area contributed by atoms with Crippen LogP contribution in [0.4, 0.5) is 0 Å². The molecule has 0 aliphatic carbocycles. The van der Waals surface area contributed by atoms with Crippen LogP contribution in [0.2, 0.25) is 0 Å². The third-order valence-electron chi connectivity index (χ3n) is 11.0. The summed E-state index contributed by atoms with van der Waals surface area (Å²) >= 11 is 0. The number of rotatable bonds is 40. The number of allylic oxidation sites excluding steroid dienone is 8. The maximum atomic E-state index is 12.8. The molecule has 11 heteroatoms. The van der Waals surface area contributed by atoms with E-state index in [4.69, 9.17) is 18.9 Å². The van der Waals surface area contributed by atoms with Crippen LogP contribution in [-0.4, -0.2) is 88.4 Å². The fourth-order valence-corrected chi connectivity index (χ4v) is 7.19. The van der Waals surface area contributed by atoms with Gasteiger partial charge in [-0.1, -0.05) is 197 Å². The first kappa shape index (κ1) is 56.2.